The van der Waals surface area contributed by atoms with Gasteiger partial charge in [-0.2, -0.15) is 4.31 Å². The topological polar surface area (TPSA) is 57.6 Å². The summed E-state index contributed by atoms with van der Waals surface area (Å²) in [6, 6.07) is 15.1. The number of piperidine rings is 1. The van der Waals surface area contributed by atoms with Crippen molar-refractivity contribution in [2.45, 2.75) is 36.2 Å². The summed E-state index contributed by atoms with van der Waals surface area (Å²) in [7, 11) is -3.72. The molecule has 2 aromatic rings. The van der Waals surface area contributed by atoms with Crippen LogP contribution in [0.1, 0.15) is 30.9 Å². The predicted molar refractivity (Wildman–Crippen MR) is 94.4 cm³/mol. The van der Waals surface area contributed by atoms with Gasteiger partial charge in [0.15, 0.2) is 0 Å². The van der Waals surface area contributed by atoms with E-state index in [1.807, 2.05) is 30.3 Å². The fourth-order valence-electron chi connectivity index (χ4n) is 3.31. The predicted octanol–water partition coefficient (Wildman–Crippen LogP) is 3.62. The van der Waals surface area contributed by atoms with Crippen LogP contribution < -0.4 is 0 Å². The third kappa shape index (κ3) is 3.35. The third-order valence-corrected chi connectivity index (χ3v) is 6.69. The summed E-state index contributed by atoms with van der Waals surface area (Å²) in [6.45, 7) is -0.184. The Kier molecular flexibility index (Phi) is 5.25. The van der Waals surface area contributed by atoms with Crippen molar-refractivity contribution in [2.75, 3.05) is 6.61 Å². The van der Waals surface area contributed by atoms with E-state index >= 15 is 0 Å². The largest absolute Gasteiger partial charge is 0.395 e. The summed E-state index contributed by atoms with van der Waals surface area (Å²) in [5.74, 6) is 0. The Labute approximate surface area is 147 Å². The maximum absolute atomic E-state index is 13.2. The van der Waals surface area contributed by atoms with E-state index in [2.05, 4.69) is 0 Å². The van der Waals surface area contributed by atoms with Crippen LogP contribution in [0, 0.1) is 0 Å². The van der Waals surface area contributed by atoms with E-state index in [4.69, 9.17) is 11.6 Å². The molecule has 1 aliphatic heterocycles. The van der Waals surface area contributed by atoms with E-state index in [-0.39, 0.29) is 17.5 Å². The van der Waals surface area contributed by atoms with E-state index in [1.165, 1.54) is 16.4 Å². The van der Waals surface area contributed by atoms with Gasteiger partial charge >= 0.3 is 0 Å². The van der Waals surface area contributed by atoms with Gasteiger partial charge in [0.1, 0.15) is 0 Å². The average Bonchev–Trinajstić information content (AvgIpc) is 2.62. The number of halogens is 1. The van der Waals surface area contributed by atoms with Crippen molar-refractivity contribution in [3.05, 3.63) is 65.2 Å². The lowest BCUT2D eigenvalue weighted by Crippen LogP contribution is -2.47. The molecular weight excluding hydrogens is 346 g/mol. The Hall–Kier alpha value is -1.40. The number of sulfonamides is 1. The molecule has 0 aliphatic carbocycles. The molecule has 128 valence electrons. The first-order valence-corrected chi connectivity index (χ1v) is 9.81. The van der Waals surface area contributed by atoms with Crippen LogP contribution in [0.3, 0.4) is 0 Å². The van der Waals surface area contributed by atoms with Gasteiger partial charge in [0, 0.05) is 11.1 Å². The van der Waals surface area contributed by atoms with Crippen molar-refractivity contribution >= 4 is 21.6 Å². The van der Waals surface area contributed by atoms with E-state index in [0.717, 1.165) is 18.4 Å². The molecule has 1 saturated heterocycles. The van der Waals surface area contributed by atoms with Gasteiger partial charge in [0.2, 0.25) is 10.0 Å². The molecule has 0 bridgehead atoms. The summed E-state index contributed by atoms with van der Waals surface area (Å²) in [6.07, 6.45) is 2.29. The van der Waals surface area contributed by atoms with Gasteiger partial charge in [-0.15, -0.1) is 0 Å². The second-order valence-corrected chi connectivity index (χ2v) is 8.26. The number of nitrogens with zero attached hydrogens (tertiary/aromatic N) is 1. The highest BCUT2D eigenvalue weighted by Crippen LogP contribution is 2.38. The van der Waals surface area contributed by atoms with Crippen LogP contribution in [-0.4, -0.2) is 30.5 Å². The first-order valence-electron chi connectivity index (χ1n) is 7.99. The molecule has 2 aromatic carbocycles. The molecule has 1 N–H and O–H groups in total. The molecule has 4 nitrogen and oxygen atoms in total. The van der Waals surface area contributed by atoms with Crippen molar-refractivity contribution in [3.8, 4) is 0 Å². The summed E-state index contributed by atoms with van der Waals surface area (Å²) in [5, 5.41) is 10.2. The Morgan fingerprint density at radius 3 is 2.33 bits per heavy atom. The normalized spacial score (nSPS) is 22.4. The molecular formula is C18H20ClNO3S. The summed E-state index contributed by atoms with van der Waals surface area (Å²) < 4.78 is 27.9. The van der Waals surface area contributed by atoms with Gasteiger partial charge in [-0.05, 0) is 49.1 Å². The average molecular weight is 366 g/mol. The van der Waals surface area contributed by atoms with Gasteiger partial charge in [-0.25, -0.2) is 8.42 Å². The first-order chi connectivity index (χ1) is 11.5. The number of benzene rings is 2. The number of aliphatic hydroxyl groups excluding tert-OH is 1. The molecule has 3 rings (SSSR count). The molecule has 6 heteroatoms. The van der Waals surface area contributed by atoms with Gasteiger partial charge in [0.05, 0.1) is 17.5 Å². The third-order valence-electron chi connectivity index (χ3n) is 4.47. The van der Waals surface area contributed by atoms with Crippen LogP contribution in [0.25, 0.3) is 0 Å². The fraction of sp³-hybridized carbons (Fsp3) is 0.333. The minimum absolute atomic E-state index is 0.184. The quantitative estimate of drug-likeness (QED) is 0.900. The maximum atomic E-state index is 13.2. The van der Waals surface area contributed by atoms with Crippen LogP contribution in [0.5, 0.6) is 0 Å². The zero-order valence-corrected chi connectivity index (χ0v) is 14.7. The van der Waals surface area contributed by atoms with E-state index in [1.54, 1.807) is 12.1 Å². The lowest BCUT2D eigenvalue weighted by atomic mass is 9.94. The summed E-state index contributed by atoms with van der Waals surface area (Å²) in [4.78, 5) is 0.202. The minimum atomic E-state index is -3.72. The van der Waals surface area contributed by atoms with Crippen LogP contribution in [0.4, 0.5) is 0 Å². The molecule has 0 radical (unpaired) electrons. The molecule has 1 heterocycles. The summed E-state index contributed by atoms with van der Waals surface area (Å²) in [5.41, 5.74) is 0.952. The lowest BCUT2D eigenvalue weighted by Gasteiger charge is -2.40. The van der Waals surface area contributed by atoms with Gasteiger partial charge < -0.3 is 5.11 Å². The molecule has 24 heavy (non-hydrogen) atoms. The van der Waals surface area contributed by atoms with E-state index in [9.17, 15) is 13.5 Å². The molecule has 0 amide bonds. The Balaban J connectivity index is 2.06. The Morgan fingerprint density at radius 1 is 1.04 bits per heavy atom. The Morgan fingerprint density at radius 2 is 1.71 bits per heavy atom. The number of hydrogen-bond acceptors (Lipinski definition) is 3. The van der Waals surface area contributed by atoms with Crippen LogP contribution in [0.15, 0.2) is 59.5 Å². The zero-order chi connectivity index (χ0) is 17.2. The molecule has 0 aromatic heterocycles. The van der Waals surface area contributed by atoms with E-state index < -0.39 is 16.1 Å². The fourth-order valence-corrected chi connectivity index (χ4v) is 5.28. The minimum Gasteiger partial charge on any atom is -0.395 e. The molecule has 2 atom stereocenters. The highest BCUT2D eigenvalue weighted by atomic mass is 35.5. The van der Waals surface area contributed by atoms with Gasteiger partial charge in [-0.1, -0.05) is 41.9 Å². The van der Waals surface area contributed by atoms with Crippen molar-refractivity contribution in [1.29, 1.82) is 0 Å². The molecule has 1 fully saturated rings. The van der Waals surface area contributed by atoms with Crippen LogP contribution in [0.2, 0.25) is 5.02 Å². The second kappa shape index (κ2) is 7.23. The molecule has 1 aliphatic rings. The second-order valence-electron chi connectivity index (χ2n) is 5.98. The first kappa shape index (κ1) is 17.4. The Bertz CT molecular complexity index is 778. The summed E-state index contributed by atoms with van der Waals surface area (Å²) >= 11 is 5.88. The van der Waals surface area contributed by atoms with Crippen molar-refractivity contribution in [3.63, 3.8) is 0 Å². The molecule has 0 spiro atoms. The highest BCUT2D eigenvalue weighted by molar-refractivity contribution is 7.89. The zero-order valence-electron chi connectivity index (χ0n) is 13.2. The maximum Gasteiger partial charge on any atom is 0.243 e. The van der Waals surface area contributed by atoms with E-state index in [0.29, 0.717) is 11.4 Å². The van der Waals surface area contributed by atoms with Gasteiger partial charge in [0.25, 0.3) is 0 Å². The molecule has 2 unspecified atom stereocenters. The SMILES string of the molecule is O=S(=O)(c1ccc(Cl)cc1)N1C(CO)CCCC1c1ccccc1. The van der Waals surface area contributed by atoms with Crippen molar-refractivity contribution < 1.29 is 13.5 Å². The number of hydrogen-bond donors (Lipinski definition) is 1. The van der Waals surface area contributed by atoms with Crippen LogP contribution in [-0.2, 0) is 10.0 Å². The highest BCUT2D eigenvalue weighted by Gasteiger charge is 2.40. The monoisotopic (exact) mass is 365 g/mol. The number of rotatable bonds is 4. The standard InChI is InChI=1S/C18H20ClNO3S/c19-15-9-11-17(12-10-15)24(22,23)20-16(13-21)7-4-8-18(20)14-5-2-1-3-6-14/h1-3,5-6,9-12,16,18,21H,4,7-8,13H2. The number of aliphatic hydroxyl groups is 1. The van der Waals surface area contributed by atoms with Crippen molar-refractivity contribution in [1.82, 2.24) is 4.31 Å². The smallest absolute Gasteiger partial charge is 0.243 e. The van der Waals surface area contributed by atoms with Gasteiger partial charge in [-0.3, -0.25) is 0 Å². The van der Waals surface area contributed by atoms with Crippen molar-refractivity contribution in [2.24, 2.45) is 0 Å². The molecule has 0 saturated carbocycles. The van der Waals surface area contributed by atoms with Crippen LogP contribution >= 0.6 is 11.6 Å². The lowest BCUT2D eigenvalue weighted by molar-refractivity contribution is 0.116.